The summed E-state index contributed by atoms with van der Waals surface area (Å²) < 4.78 is 4.31. The topological polar surface area (TPSA) is 65.0 Å². The normalized spacial score (nSPS) is 10.8. The van der Waals surface area contributed by atoms with Gasteiger partial charge >= 0.3 is 11.9 Å². The molecule has 0 spiro atoms. The molecule has 68 valence electrons. The smallest absolute Gasteiger partial charge is 0.355 e. The number of hydrogen-bond acceptors (Lipinski definition) is 5. The van der Waals surface area contributed by atoms with Gasteiger partial charge in [0, 0.05) is 0 Å². The Morgan fingerprint density at radius 2 is 2.08 bits per heavy atom. The Bertz CT molecular complexity index is 214. The molecule has 0 saturated heterocycles. The highest BCUT2D eigenvalue weighted by Crippen LogP contribution is 1.89. The van der Waals surface area contributed by atoms with Crippen LogP contribution in [-0.4, -0.2) is 30.1 Å². The predicted octanol–water partition coefficient (Wildman–Crippen LogP) is 0.473. The molecule has 0 unspecified atom stereocenters. The lowest BCUT2D eigenvalue weighted by Gasteiger charge is -1.96. The van der Waals surface area contributed by atoms with Gasteiger partial charge in [-0.3, -0.25) is 0 Å². The van der Waals surface area contributed by atoms with Crippen LogP contribution in [0.2, 0.25) is 0 Å². The maximum atomic E-state index is 10.7. The van der Waals surface area contributed by atoms with Crippen molar-refractivity contribution in [3.05, 3.63) is 0 Å². The van der Waals surface area contributed by atoms with Crippen molar-refractivity contribution in [1.29, 1.82) is 0 Å². The highest BCUT2D eigenvalue weighted by atomic mass is 79.9. The average molecular weight is 238 g/mol. The van der Waals surface area contributed by atoms with Crippen LogP contribution in [0.15, 0.2) is 5.16 Å². The molecule has 6 heteroatoms. The van der Waals surface area contributed by atoms with Crippen molar-refractivity contribution in [2.45, 2.75) is 6.92 Å². The molecule has 0 atom stereocenters. The number of oxime groups is 1. The second-order valence-electron chi connectivity index (χ2n) is 1.77. The summed E-state index contributed by atoms with van der Waals surface area (Å²) in [4.78, 5) is 25.4. The lowest BCUT2D eigenvalue weighted by Crippen LogP contribution is -2.13. The first-order chi connectivity index (χ1) is 5.61. The molecule has 0 aliphatic carbocycles. The molecule has 0 amide bonds. The van der Waals surface area contributed by atoms with Crippen LogP contribution in [0.5, 0.6) is 0 Å². The second kappa shape index (κ2) is 5.70. The van der Waals surface area contributed by atoms with Gasteiger partial charge in [0.2, 0.25) is 0 Å². The fourth-order valence-electron chi connectivity index (χ4n) is 0.329. The molecule has 0 bridgehead atoms. The van der Waals surface area contributed by atoms with Crippen molar-refractivity contribution in [3.8, 4) is 0 Å². The molecular weight excluding hydrogens is 230 g/mol. The molecule has 0 aliphatic heterocycles. The predicted molar refractivity (Wildman–Crippen MR) is 45.0 cm³/mol. The zero-order valence-corrected chi connectivity index (χ0v) is 8.25. The number of methoxy groups -OCH3 is 1. The van der Waals surface area contributed by atoms with Crippen LogP contribution in [-0.2, 0) is 19.2 Å². The molecule has 0 N–H and O–H groups in total. The third-order valence-corrected chi connectivity index (χ3v) is 1.33. The van der Waals surface area contributed by atoms with Crippen LogP contribution >= 0.6 is 15.9 Å². The minimum atomic E-state index is -0.627. The van der Waals surface area contributed by atoms with E-state index in [1.165, 1.54) is 14.0 Å². The van der Waals surface area contributed by atoms with E-state index in [9.17, 15) is 9.59 Å². The third kappa shape index (κ3) is 4.07. The highest BCUT2D eigenvalue weighted by Gasteiger charge is 2.06. The number of alkyl halides is 1. The Balaban J connectivity index is 4.00. The van der Waals surface area contributed by atoms with Gasteiger partial charge in [-0.2, -0.15) is 0 Å². The molecule has 0 rings (SSSR count). The van der Waals surface area contributed by atoms with E-state index in [1.807, 2.05) is 0 Å². The summed E-state index contributed by atoms with van der Waals surface area (Å²) in [5.41, 5.74) is -0.00759. The van der Waals surface area contributed by atoms with E-state index in [0.717, 1.165) is 0 Å². The second-order valence-corrected chi connectivity index (χ2v) is 2.33. The van der Waals surface area contributed by atoms with E-state index >= 15 is 0 Å². The van der Waals surface area contributed by atoms with Crippen molar-refractivity contribution in [2.24, 2.45) is 5.16 Å². The molecule has 0 saturated carbocycles. The van der Waals surface area contributed by atoms with Crippen LogP contribution < -0.4 is 0 Å². The zero-order chi connectivity index (χ0) is 9.56. The van der Waals surface area contributed by atoms with Gasteiger partial charge in [-0.25, -0.2) is 9.59 Å². The number of hydrogen-bond donors (Lipinski definition) is 0. The van der Waals surface area contributed by atoms with Gasteiger partial charge in [-0.15, -0.1) is 0 Å². The van der Waals surface area contributed by atoms with Crippen molar-refractivity contribution in [1.82, 2.24) is 0 Å². The maximum absolute atomic E-state index is 10.7. The molecule has 0 fully saturated rings. The first-order valence-corrected chi connectivity index (χ1v) is 4.12. The van der Waals surface area contributed by atoms with Gasteiger partial charge in [0.15, 0.2) is 5.71 Å². The Kier molecular flexibility index (Phi) is 5.27. The van der Waals surface area contributed by atoms with Crippen LogP contribution in [0.25, 0.3) is 0 Å². The first kappa shape index (κ1) is 11.1. The number of esters is 1. The maximum Gasteiger partial charge on any atom is 0.355 e. The van der Waals surface area contributed by atoms with Gasteiger partial charge in [0.25, 0.3) is 0 Å². The van der Waals surface area contributed by atoms with Crippen molar-refractivity contribution in [2.75, 3.05) is 12.4 Å². The summed E-state index contributed by atoms with van der Waals surface area (Å²) in [5.74, 6) is -1.20. The first-order valence-electron chi connectivity index (χ1n) is 3.00. The standard InChI is InChI=1S/C6H8BrNO4/c1-4(6(10)11-2)8-12-5(9)3-7/h3H2,1-2H3/b8-4+. The summed E-state index contributed by atoms with van der Waals surface area (Å²) in [7, 11) is 1.22. The Morgan fingerprint density at radius 3 is 2.50 bits per heavy atom. The number of ether oxygens (including phenoxy) is 1. The van der Waals surface area contributed by atoms with Gasteiger partial charge < -0.3 is 9.57 Å². The quantitative estimate of drug-likeness (QED) is 0.236. The van der Waals surface area contributed by atoms with E-state index in [0.29, 0.717) is 0 Å². The summed E-state index contributed by atoms with van der Waals surface area (Å²) in [6, 6.07) is 0. The lowest BCUT2D eigenvalue weighted by atomic mass is 10.4. The number of carbonyl (C=O) groups is 2. The molecule has 0 aromatic rings. The summed E-state index contributed by atoms with van der Waals surface area (Å²) in [6.45, 7) is 1.38. The Morgan fingerprint density at radius 1 is 1.50 bits per heavy atom. The average Bonchev–Trinajstić information content (AvgIpc) is 2.11. The minimum Gasteiger partial charge on any atom is -0.464 e. The summed E-state index contributed by atoms with van der Waals surface area (Å²) in [5, 5.41) is 3.26. The fourth-order valence-corrected chi connectivity index (χ4v) is 0.431. The molecule has 5 nitrogen and oxygen atoms in total. The van der Waals surface area contributed by atoms with E-state index in [1.54, 1.807) is 0 Å². The van der Waals surface area contributed by atoms with Crippen LogP contribution in [0.3, 0.4) is 0 Å². The number of nitrogens with zero attached hydrogens (tertiary/aromatic N) is 1. The largest absolute Gasteiger partial charge is 0.464 e. The molecule has 0 aromatic heterocycles. The van der Waals surface area contributed by atoms with Crippen molar-refractivity contribution >= 4 is 33.6 Å². The van der Waals surface area contributed by atoms with E-state index in [4.69, 9.17) is 0 Å². The molecular formula is C6H8BrNO4. The van der Waals surface area contributed by atoms with E-state index < -0.39 is 11.9 Å². The molecule has 12 heavy (non-hydrogen) atoms. The Hall–Kier alpha value is -0.910. The molecule has 0 aromatic carbocycles. The molecule has 0 heterocycles. The monoisotopic (exact) mass is 237 g/mol. The minimum absolute atomic E-state index is 0.00759. The molecule has 0 radical (unpaired) electrons. The highest BCUT2D eigenvalue weighted by molar-refractivity contribution is 9.09. The van der Waals surface area contributed by atoms with Crippen LogP contribution in [0.1, 0.15) is 6.92 Å². The Labute approximate surface area is 77.8 Å². The van der Waals surface area contributed by atoms with Gasteiger partial charge in [-0.05, 0) is 6.92 Å². The SMILES string of the molecule is COC(=O)/C(C)=N/OC(=O)CBr. The van der Waals surface area contributed by atoms with Crippen LogP contribution in [0, 0.1) is 0 Å². The van der Waals surface area contributed by atoms with Crippen molar-refractivity contribution in [3.63, 3.8) is 0 Å². The molecule has 0 aliphatic rings. The summed E-state index contributed by atoms with van der Waals surface area (Å²) >= 11 is 2.86. The third-order valence-electron chi connectivity index (χ3n) is 0.874. The van der Waals surface area contributed by atoms with E-state index in [-0.39, 0.29) is 11.0 Å². The number of rotatable bonds is 3. The lowest BCUT2D eigenvalue weighted by molar-refractivity contribution is -0.140. The number of halogens is 1. The van der Waals surface area contributed by atoms with Gasteiger partial charge in [0.1, 0.15) is 5.33 Å². The fraction of sp³-hybridized carbons (Fsp3) is 0.500. The number of carbonyl (C=O) groups excluding carboxylic acids is 2. The van der Waals surface area contributed by atoms with Crippen LogP contribution in [0.4, 0.5) is 0 Å². The van der Waals surface area contributed by atoms with E-state index in [2.05, 4.69) is 30.7 Å². The zero-order valence-electron chi connectivity index (χ0n) is 6.67. The van der Waals surface area contributed by atoms with Crippen molar-refractivity contribution < 1.29 is 19.2 Å². The van der Waals surface area contributed by atoms with Gasteiger partial charge in [0.05, 0.1) is 7.11 Å². The van der Waals surface area contributed by atoms with Gasteiger partial charge in [-0.1, -0.05) is 21.1 Å². The summed E-state index contributed by atoms with van der Waals surface area (Å²) in [6.07, 6.45) is 0.